The quantitative estimate of drug-likeness (QED) is 0.388. The molecular formula is C20H22N2O6. The summed E-state index contributed by atoms with van der Waals surface area (Å²) >= 11 is 0. The number of hydrogen-bond acceptors (Lipinski definition) is 6. The lowest BCUT2D eigenvalue weighted by Gasteiger charge is -2.09. The van der Waals surface area contributed by atoms with Gasteiger partial charge in [0.1, 0.15) is 24.5 Å². The minimum Gasteiger partial charge on any atom is -0.497 e. The Morgan fingerprint density at radius 3 is 2.11 bits per heavy atom. The number of esters is 1. The van der Waals surface area contributed by atoms with Crippen LogP contribution in [0, 0.1) is 0 Å². The van der Waals surface area contributed by atoms with Crippen LogP contribution < -0.4 is 20.1 Å². The van der Waals surface area contributed by atoms with Crippen LogP contribution in [0.5, 0.6) is 11.5 Å². The summed E-state index contributed by atoms with van der Waals surface area (Å²) in [6, 6.07) is 13.2. The third kappa shape index (κ3) is 6.64. The van der Waals surface area contributed by atoms with Crippen LogP contribution in [-0.4, -0.2) is 45.2 Å². The number of carbonyl (C=O) groups is 3. The lowest BCUT2D eigenvalue weighted by Crippen LogP contribution is -2.31. The summed E-state index contributed by atoms with van der Waals surface area (Å²) < 4.78 is 15.1. The van der Waals surface area contributed by atoms with Crippen molar-refractivity contribution in [2.24, 2.45) is 0 Å². The molecule has 0 fully saturated rings. The highest BCUT2D eigenvalue weighted by molar-refractivity contribution is 6.03. The summed E-state index contributed by atoms with van der Waals surface area (Å²) in [4.78, 5) is 35.1. The smallest absolute Gasteiger partial charge is 0.337 e. The van der Waals surface area contributed by atoms with Gasteiger partial charge < -0.3 is 24.8 Å². The van der Waals surface area contributed by atoms with Gasteiger partial charge in [-0.2, -0.15) is 0 Å². The molecule has 8 heteroatoms. The molecule has 2 aromatic rings. The predicted octanol–water partition coefficient (Wildman–Crippen LogP) is 2.01. The second kappa shape index (κ2) is 10.6. The van der Waals surface area contributed by atoms with Gasteiger partial charge in [0.25, 0.3) is 0 Å². The molecule has 28 heavy (non-hydrogen) atoms. The van der Waals surface area contributed by atoms with Crippen LogP contribution in [0.4, 0.5) is 5.69 Å². The van der Waals surface area contributed by atoms with E-state index >= 15 is 0 Å². The van der Waals surface area contributed by atoms with Gasteiger partial charge in [-0.1, -0.05) is 0 Å². The highest BCUT2D eigenvalue weighted by Gasteiger charge is 2.10. The van der Waals surface area contributed by atoms with E-state index in [9.17, 15) is 14.4 Å². The van der Waals surface area contributed by atoms with Gasteiger partial charge in [-0.25, -0.2) is 4.79 Å². The fourth-order valence-corrected chi connectivity index (χ4v) is 2.25. The Labute approximate surface area is 162 Å². The van der Waals surface area contributed by atoms with Crippen LogP contribution >= 0.6 is 0 Å². The monoisotopic (exact) mass is 386 g/mol. The summed E-state index contributed by atoms with van der Waals surface area (Å²) in [5.41, 5.74) is 0.850. The highest BCUT2D eigenvalue weighted by Crippen LogP contribution is 2.16. The second-order valence-electron chi connectivity index (χ2n) is 5.67. The molecule has 0 unspecified atom stereocenters. The number of carbonyl (C=O) groups excluding carboxylic acids is 3. The molecular weight excluding hydrogens is 364 g/mol. The van der Waals surface area contributed by atoms with E-state index in [1.165, 1.54) is 19.2 Å². The van der Waals surface area contributed by atoms with Crippen LogP contribution in [0.15, 0.2) is 48.5 Å². The molecule has 0 radical (unpaired) electrons. The molecule has 0 aromatic heterocycles. The third-order valence-corrected chi connectivity index (χ3v) is 3.66. The van der Waals surface area contributed by atoms with Crippen molar-refractivity contribution < 1.29 is 28.6 Å². The molecule has 0 spiro atoms. The lowest BCUT2D eigenvalue weighted by atomic mass is 10.2. The largest absolute Gasteiger partial charge is 0.497 e. The molecule has 0 bridgehead atoms. The van der Waals surface area contributed by atoms with Crippen molar-refractivity contribution in [2.45, 2.75) is 6.42 Å². The van der Waals surface area contributed by atoms with E-state index in [0.29, 0.717) is 17.0 Å². The number of benzene rings is 2. The number of anilines is 1. The normalized spacial score (nSPS) is 9.93. The Morgan fingerprint density at radius 2 is 1.50 bits per heavy atom. The molecule has 0 aliphatic carbocycles. The molecule has 0 saturated heterocycles. The van der Waals surface area contributed by atoms with E-state index in [2.05, 4.69) is 15.4 Å². The van der Waals surface area contributed by atoms with Gasteiger partial charge in [0.05, 0.1) is 26.3 Å². The summed E-state index contributed by atoms with van der Waals surface area (Å²) in [6.07, 6.45) is -0.318. The fraction of sp³-hybridized carbons (Fsp3) is 0.250. The lowest BCUT2D eigenvalue weighted by molar-refractivity contribution is -0.126. The minimum atomic E-state index is -0.464. The van der Waals surface area contributed by atoms with Gasteiger partial charge in [-0.15, -0.1) is 0 Å². The van der Waals surface area contributed by atoms with Crippen LogP contribution in [0.2, 0.25) is 0 Å². The SMILES string of the molecule is COC(=O)c1ccc(NC(=O)CC(=O)NCCOc2ccc(OC)cc2)cc1. The molecule has 2 N–H and O–H groups in total. The van der Waals surface area contributed by atoms with E-state index < -0.39 is 17.8 Å². The van der Waals surface area contributed by atoms with Gasteiger partial charge in [0, 0.05) is 5.69 Å². The summed E-state index contributed by atoms with van der Waals surface area (Å²) in [6.45, 7) is 0.542. The van der Waals surface area contributed by atoms with Crippen molar-refractivity contribution in [1.29, 1.82) is 0 Å². The van der Waals surface area contributed by atoms with Gasteiger partial charge in [0.2, 0.25) is 11.8 Å². The van der Waals surface area contributed by atoms with Gasteiger partial charge >= 0.3 is 5.97 Å². The molecule has 8 nitrogen and oxygen atoms in total. The summed E-state index contributed by atoms with van der Waals surface area (Å²) in [7, 11) is 2.87. The summed E-state index contributed by atoms with van der Waals surface area (Å²) in [5, 5.41) is 5.20. The van der Waals surface area contributed by atoms with Crippen molar-refractivity contribution in [3.05, 3.63) is 54.1 Å². The number of methoxy groups -OCH3 is 2. The van der Waals surface area contributed by atoms with E-state index in [1.54, 1.807) is 43.5 Å². The number of hydrogen-bond donors (Lipinski definition) is 2. The van der Waals surface area contributed by atoms with Crippen LogP contribution in [0.25, 0.3) is 0 Å². The highest BCUT2D eigenvalue weighted by atomic mass is 16.5. The van der Waals surface area contributed by atoms with E-state index in [0.717, 1.165) is 5.75 Å². The van der Waals surface area contributed by atoms with Crippen molar-refractivity contribution in [3.63, 3.8) is 0 Å². The topological polar surface area (TPSA) is 103 Å². The van der Waals surface area contributed by atoms with Crippen molar-refractivity contribution >= 4 is 23.5 Å². The first-order chi connectivity index (χ1) is 13.5. The Balaban J connectivity index is 1.67. The standard InChI is InChI=1S/C20H22N2O6/c1-26-16-7-9-17(10-8-16)28-12-11-21-18(23)13-19(24)22-15-5-3-14(4-6-15)20(25)27-2/h3-10H,11-13H2,1-2H3,(H,21,23)(H,22,24). The number of rotatable bonds is 9. The average Bonchev–Trinajstić information content (AvgIpc) is 2.71. The van der Waals surface area contributed by atoms with Crippen LogP contribution in [-0.2, 0) is 14.3 Å². The van der Waals surface area contributed by atoms with Crippen LogP contribution in [0.1, 0.15) is 16.8 Å². The van der Waals surface area contributed by atoms with Gasteiger partial charge in [0.15, 0.2) is 0 Å². The second-order valence-corrected chi connectivity index (χ2v) is 5.67. The van der Waals surface area contributed by atoms with Crippen molar-refractivity contribution in [2.75, 3.05) is 32.7 Å². The van der Waals surface area contributed by atoms with E-state index in [-0.39, 0.29) is 19.6 Å². The van der Waals surface area contributed by atoms with Crippen LogP contribution in [0.3, 0.4) is 0 Å². The maximum Gasteiger partial charge on any atom is 0.337 e. The predicted molar refractivity (Wildman–Crippen MR) is 103 cm³/mol. The molecule has 0 aliphatic rings. The van der Waals surface area contributed by atoms with Crippen molar-refractivity contribution in [3.8, 4) is 11.5 Å². The fourth-order valence-electron chi connectivity index (χ4n) is 2.25. The third-order valence-electron chi connectivity index (χ3n) is 3.66. The first-order valence-corrected chi connectivity index (χ1v) is 8.53. The molecule has 0 heterocycles. The molecule has 2 aromatic carbocycles. The zero-order valence-electron chi connectivity index (χ0n) is 15.7. The minimum absolute atomic E-state index is 0.270. The molecule has 0 aliphatic heterocycles. The zero-order valence-corrected chi connectivity index (χ0v) is 15.7. The summed E-state index contributed by atoms with van der Waals surface area (Å²) in [5.74, 6) is 0.0466. The van der Waals surface area contributed by atoms with Crippen molar-refractivity contribution in [1.82, 2.24) is 5.32 Å². The van der Waals surface area contributed by atoms with Gasteiger partial charge in [-0.3, -0.25) is 9.59 Å². The molecule has 148 valence electrons. The average molecular weight is 386 g/mol. The van der Waals surface area contributed by atoms with E-state index in [4.69, 9.17) is 9.47 Å². The Morgan fingerprint density at radius 1 is 0.857 bits per heavy atom. The van der Waals surface area contributed by atoms with Gasteiger partial charge in [-0.05, 0) is 48.5 Å². The number of ether oxygens (including phenoxy) is 3. The number of amides is 2. The maximum absolute atomic E-state index is 11.9. The molecule has 2 rings (SSSR count). The Hall–Kier alpha value is -3.55. The Kier molecular flexibility index (Phi) is 7.83. The van der Waals surface area contributed by atoms with E-state index in [1.807, 2.05) is 0 Å². The molecule has 0 saturated carbocycles. The molecule has 0 atom stereocenters. The Bertz CT molecular complexity index is 802. The number of nitrogens with one attached hydrogen (secondary N) is 2. The first-order valence-electron chi connectivity index (χ1n) is 8.53. The maximum atomic E-state index is 11.9. The molecule has 2 amide bonds. The zero-order chi connectivity index (χ0) is 20.4. The first kappa shape index (κ1) is 20.8.